The fourth-order valence-corrected chi connectivity index (χ4v) is 1.85. The molecule has 0 unspecified atom stereocenters. The third kappa shape index (κ3) is 4.55. The van der Waals surface area contributed by atoms with Gasteiger partial charge in [0, 0.05) is 3.57 Å². The van der Waals surface area contributed by atoms with E-state index in [0.717, 1.165) is 3.57 Å². The lowest BCUT2D eigenvalue weighted by Crippen LogP contribution is -2.44. The summed E-state index contributed by atoms with van der Waals surface area (Å²) < 4.78 is 1.02. The van der Waals surface area contributed by atoms with E-state index in [0.29, 0.717) is 5.56 Å². The van der Waals surface area contributed by atoms with Crippen LogP contribution in [0.5, 0.6) is 0 Å². The average Bonchev–Trinajstić information content (AvgIpc) is 2.35. The summed E-state index contributed by atoms with van der Waals surface area (Å²) in [5.41, 5.74) is 0.593. The van der Waals surface area contributed by atoms with Gasteiger partial charge in [-0.05, 0) is 40.3 Å². The van der Waals surface area contributed by atoms with Crippen LogP contribution in [0.1, 0.15) is 11.7 Å². The number of hydrogen-bond donors (Lipinski definition) is 3. The highest BCUT2D eigenvalue weighted by molar-refractivity contribution is 14.1. The van der Waals surface area contributed by atoms with Crippen LogP contribution in [-0.4, -0.2) is 33.6 Å². The average molecular weight is 404 g/mol. The summed E-state index contributed by atoms with van der Waals surface area (Å²) in [5, 5.41) is 21.6. The minimum Gasteiger partial charge on any atom is -0.394 e. The molecule has 1 rings (SSSR count). The minimum atomic E-state index is -1.23. The van der Waals surface area contributed by atoms with Crippen LogP contribution in [0.25, 0.3) is 0 Å². The summed E-state index contributed by atoms with van der Waals surface area (Å²) in [6.07, 6.45) is -1.02. The number of alkyl halides is 2. The molecule has 7 heteroatoms. The summed E-state index contributed by atoms with van der Waals surface area (Å²) in [6.45, 7) is -0.417. The number of nitrogens with one attached hydrogen (secondary N) is 1. The number of aliphatic hydroxyl groups is 2. The molecular weight excluding hydrogens is 392 g/mol. The van der Waals surface area contributed by atoms with E-state index in [4.69, 9.17) is 23.2 Å². The molecule has 0 saturated carbocycles. The fourth-order valence-electron chi connectivity index (χ4n) is 1.36. The van der Waals surface area contributed by atoms with E-state index in [9.17, 15) is 15.0 Å². The van der Waals surface area contributed by atoms with Crippen LogP contribution in [-0.2, 0) is 4.79 Å². The van der Waals surface area contributed by atoms with E-state index in [2.05, 4.69) is 27.9 Å². The quantitative estimate of drug-likeness (QED) is 0.516. The molecule has 0 bridgehead atoms. The van der Waals surface area contributed by atoms with Crippen molar-refractivity contribution in [2.45, 2.75) is 17.0 Å². The highest BCUT2D eigenvalue weighted by atomic mass is 127. The van der Waals surface area contributed by atoms with Gasteiger partial charge in [-0.3, -0.25) is 4.79 Å². The Kier molecular flexibility index (Phi) is 6.65. The van der Waals surface area contributed by atoms with Crippen LogP contribution >= 0.6 is 45.8 Å². The SMILES string of the molecule is O=C(N[C@H](CO)[C@H](O)c1ccc(I)cc1)C(Cl)Cl. The van der Waals surface area contributed by atoms with Crippen LogP contribution in [0.4, 0.5) is 0 Å². The van der Waals surface area contributed by atoms with Crippen molar-refractivity contribution in [3.63, 3.8) is 0 Å². The maximum absolute atomic E-state index is 11.3. The molecule has 2 atom stereocenters. The number of rotatable bonds is 5. The van der Waals surface area contributed by atoms with Gasteiger partial charge in [-0.2, -0.15) is 0 Å². The third-order valence-corrected chi connectivity index (χ3v) is 3.43. The monoisotopic (exact) mass is 403 g/mol. The zero-order valence-corrected chi connectivity index (χ0v) is 12.9. The van der Waals surface area contributed by atoms with Gasteiger partial charge in [-0.15, -0.1) is 0 Å². The molecular formula is C11H12Cl2INO3. The molecule has 0 saturated heterocycles. The lowest BCUT2D eigenvalue weighted by atomic mass is 10.0. The molecule has 1 aromatic rings. The number of halogens is 3. The summed E-state index contributed by atoms with van der Waals surface area (Å²) in [6, 6.07) is 6.24. The molecule has 0 heterocycles. The van der Waals surface area contributed by atoms with Gasteiger partial charge in [0.25, 0.3) is 5.91 Å². The Balaban J connectivity index is 2.75. The summed E-state index contributed by atoms with van der Waals surface area (Å²) in [7, 11) is 0. The molecule has 4 nitrogen and oxygen atoms in total. The van der Waals surface area contributed by atoms with E-state index in [1.54, 1.807) is 12.1 Å². The fraction of sp³-hybridized carbons (Fsp3) is 0.364. The Morgan fingerprint density at radius 1 is 1.33 bits per heavy atom. The maximum Gasteiger partial charge on any atom is 0.253 e. The molecule has 1 amide bonds. The summed E-state index contributed by atoms with van der Waals surface area (Å²) in [4.78, 5) is 10.1. The van der Waals surface area contributed by atoms with Crippen molar-refractivity contribution in [1.29, 1.82) is 0 Å². The van der Waals surface area contributed by atoms with E-state index < -0.39 is 29.5 Å². The third-order valence-electron chi connectivity index (χ3n) is 2.32. The molecule has 0 aromatic heterocycles. The lowest BCUT2D eigenvalue weighted by molar-refractivity contribution is -0.121. The number of aliphatic hydroxyl groups excluding tert-OH is 2. The first kappa shape index (κ1) is 16.0. The van der Waals surface area contributed by atoms with Crippen molar-refractivity contribution in [1.82, 2.24) is 5.32 Å². The summed E-state index contributed by atoms with van der Waals surface area (Å²) >= 11 is 12.9. The Labute approximate surface area is 128 Å². The van der Waals surface area contributed by atoms with Crippen molar-refractivity contribution >= 4 is 51.7 Å². The number of carbonyl (C=O) groups is 1. The molecule has 3 N–H and O–H groups in total. The molecule has 0 aliphatic rings. The molecule has 1 aromatic carbocycles. The van der Waals surface area contributed by atoms with Gasteiger partial charge in [-0.1, -0.05) is 35.3 Å². The zero-order chi connectivity index (χ0) is 13.7. The first-order chi connectivity index (χ1) is 8.45. The standard InChI is InChI=1S/C11H12Cl2INO3/c12-10(13)11(18)15-8(5-16)9(17)6-1-3-7(14)4-2-6/h1-4,8-10,16-17H,5H2,(H,15,18)/t8-,9-/m1/s1. The van der Waals surface area contributed by atoms with E-state index in [1.807, 2.05) is 12.1 Å². The van der Waals surface area contributed by atoms with E-state index >= 15 is 0 Å². The van der Waals surface area contributed by atoms with Crippen LogP contribution in [0, 0.1) is 3.57 Å². The van der Waals surface area contributed by atoms with Crippen LogP contribution in [0.2, 0.25) is 0 Å². The topological polar surface area (TPSA) is 69.6 Å². The number of carbonyl (C=O) groups excluding carboxylic acids is 1. The largest absolute Gasteiger partial charge is 0.394 e. The zero-order valence-electron chi connectivity index (χ0n) is 9.19. The Bertz CT molecular complexity index is 400. The van der Waals surface area contributed by atoms with Gasteiger partial charge < -0.3 is 15.5 Å². The summed E-state index contributed by atoms with van der Waals surface area (Å²) in [5.74, 6) is -0.651. The number of amides is 1. The predicted molar refractivity (Wildman–Crippen MR) is 78.6 cm³/mol. The van der Waals surface area contributed by atoms with Gasteiger partial charge in [0.15, 0.2) is 4.84 Å². The predicted octanol–water partition coefficient (Wildman–Crippen LogP) is 1.61. The molecule has 18 heavy (non-hydrogen) atoms. The van der Waals surface area contributed by atoms with Gasteiger partial charge in [0.1, 0.15) is 6.10 Å². The molecule has 0 spiro atoms. The van der Waals surface area contributed by atoms with Crippen molar-refractivity contribution in [3.8, 4) is 0 Å². The Morgan fingerprint density at radius 3 is 2.33 bits per heavy atom. The molecule has 0 aliphatic carbocycles. The lowest BCUT2D eigenvalue weighted by Gasteiger charge is -2.22. The van der Waals surface area contributed by atoms with Crippen molar-refractivity contribution in [2.75, 3.05) is 6.61 Å². The number of hydrogen-bond acceptors (Lipinski definition) is 3. The van der Waals surface area contributed by atoms with E-state index in [-0.39, 0.29) is 0 Å². The first-order valence-corrected chi connectivity index (χ1v) is 7.03. The van der Waals surface area contributed by atoms with Crippen LogP contribution in [0.3, 0.4) is 0 Å². The normalized spacial score (nSPS) is 14.3. The molecule has 0 fully saturated rings. The highest BCUT2D eigenvalue weighted by Gasteiger charge is 2.24. The Hall–Kier alpha value is -0.0800. The van der Waals surface area contributed by atoms with Gasteiger partial charge in [0.05, 0.1) is 12.6 Å². The molecule has 0 aliphatic heterocycles. The second-order valence-electron chi connectivity index (χ2n) is 3.59. The second-order valence-corrected chi connectivity index (χ2v) is 5.94. The van der Waals surface area contributed by atoms with Crippen LogP contribution in [0.15, 0.2) is 24.3 Å². The first-order valence-electron chi connectivity index (χ1n) is 5.08. The van der Waals surface area contributed by atoms with Crippen molar-refractivity contribution in [2.24, 2.45) is 0 Å². The van der Waals surface area contributed by atoms with Gasteiger partial charge >= 0.3 is 0 Å². The van der Waals surface area contributed by atoms with Crippen molar-refractivity contribution < 1.29 is 15.0 Å². The number of benzene rings is 1. The second kappa shape index (κ2) is 7.49. The van der Waals surface area contributed by atoms with Crippen LogP contribution < -0.4 is 5.32 Å². The van der Waals surface area contributed by atoms with E-state index in [1.165, 1.54) is 0 Å². The molecule has 0 radical (unpaired) electrons. The van der Waals surface area contributed by atoms with Gasteiger partial charge in [0.2, 0.25) is 0 Å². The maximum atomic E-state index is 11.3. The Morgan fingerprint density at radius 2 is 1.89 bits per heavy atom. The van der Waals surface area contributed by atoms with Crippen molar-refractivity contribution in [3.05, 3.63) is 33.4 Å². The minimum absolute atomic E-state index is 0.417. The highest BCUT2D eigenvalue weighted by Crippen LogP contribution is 2.18. The van der Waals surface area contributed by atoms with Gasteiger partial charge in [-0.25, -0.2) is 0 Å². The molecule has 100 valence electrons. The smallest absolute Gasteiger partial charge is 0.253 e.